The Morgan fingerprint density at radius 3 is 2.42 bits per heavy atom. The molecule has 0 heterocycles. The van der Waals surface area contributed by atoms with Gasteiger partial charge in [-0.3, -0.25) is 4.79 Å². The third kappa shape index (κ3) is 6.73. The first-order chi connectivity index (χ1) is 9.15. The van der Waals surface area contributed by atoms with Crippen molar-refractivity contribution >= 4 is 17.5 Å². The maximum absolute atomic E-state index is 12.7. The molecule has 0 amide bonds. The minimum atomic E-state index is -0.259. The Bertz CT molecular complexity index is 376. The maximum atomic E-state index is 12.7. The smallest absolute Gasteiger partial charge is 0.147 e. The van der Waals surface area contributed by atoms with Crippen molar-refractivity contribution in [3.05, 3.63) is 35.6 Å². The summed E-state index contributed by atoms with van der Waals surface area (Å²) in [6, 6.07) is 6.15. The van der Waals surface area contributed by atoms with Crippen LogP contribution in [0.15, 0.2) is 24.3 Å². The molecule has 1 aromatic carbocycles. The highest BCUT2D eigenvalue weighted by atomic mass is 32.2. The van der Waals surface area contributed by atoms with E-state index in [9.17, 15) is 9.18 Å². The number of carbonyl (C=O) groups excluding carboxylic acids is 1. The zero-order valence-corrected chi connectivity index (χ0v) is 12.5. The van der Waals surface area contributed by atoms with Crippen LogP contribution in [0.4, 0.5) is 4.39 Å². The number of thioether (sulfide) groups is 1. The van der Waals surface area contributed by atoms with Crippen LogP contribution >= 0.6 is 11.8 Å². The van der Waals surface area contributed by atoms with Gasteiger partial charge >= 0.3 is 0 Å². The molecule has 0 aliphatic heterocycles. The fourth-order valence-corrected chi connectivity index (χ4v) is 2.66. The monoisotopic (exact) mass is 283 g/mol. The van der Waals surface area contributed by atoms with Crippen molar-refractivity contribution in [1.82, 2.24) is 4.90 Å². The van der Waals surface area contributed by atoms with E-state index in [0.29, 0.717) is 12.2 Å². The largest absolute Gasteiger partial charge is 0.303 e. The second kappa shape index (κ2) is 9.10. The molecule has 0 aliphatic rings. The van der Waals surface area contributed by atoms with Gasteiger partial charge in [-0.1, -0.05) is 26.0 Å². The SMILES string of the molecule is CCN(CC)CCSCC(=O)Cc1ccc(F)cc1. The molecule has 0 N–H and O–H groups in total. The lowest BCUT2D eigenvalue weighted by molar-refractivity contribution is -0.116. The average Bonchev–Trinajstić information content (AvgIpc) is 2.42. The lowest BCUT2D eigenvalue weighted by Gasteiger charge is -2.17. The fraction of sp³-hybridized carbons (Fsp3) is 0.533. The molecule has 2 nitrogen and oxygen atoms in total. The summed E-state index contributed by atoms with van der Waals surface area (Å²) in [6.07, 6.45) is 0.401. The summed E-state index contributed by atoms with van der Waals surface area (Å²) in [7, 11) is 0. The van der Waals surface area contributed by atoms with E-state index < -0.39 is 0 Å². The highest BCUT2D eigenvalue weighted by Crippen LogP contribution is 2.07. The van der Waals surface area contributed by atoms with E-state index in [1.807, 2.05) is 0 Å². The number of halogens is 1. The van der Waals surface area contributed by atoms with Gasteiger partial charge in [-0.25, -0.2) is 4.39 Å². The third-order valence-electron chi connectivity index (χ3n) is 3.02. The highest BCUT2D eigenvalue weighted by Gasteiger charge is 2.05. The van der Waals surface area contributed by atoms with E-state index in [-0.39, 0.29) is 11.6 Å². The number of nitrogens with zero attached hydrogens (tertiary/aromatic N) is 1. The first-order valence-corrected chi connectivity index (χ1v) is 7.87. The van der Waals surface area contributed by atoms with Crippen molar-refractivity contribution in [3.8, 4) is 0 Å². The van der Waals surface area contributed by atoms with Gasteiger partial charge in [-0.2, -0.15) is 11.8 Å². The molecule has 0 radical (unpaired) electrons. The number of Topliss-reactive ketones (excluding diaryl/α,β-unsaturated/α-hetero) is 1. The van der Waals surface area contributed by atoms with Gasteiger partial charge in [0.15, 0.2) is 0 Å². The molecular weight excluding hydrogens is 261 g/mol. The van der Waals surface area contributed by atoms with Crippen molar-refractivity contribution in [2.45, 2.75) is 20.3 Å². The molecule has 0 aliphatic carbocycles. The van der Waals surface area contributed by atoms with Crippen LogP contribution in [0, 0.1) is 5.82 Å². The summed E-state index contributed by atoms with van der Waals surface area (Å²) in [5, 5.41) is 0. The lowest BCUT2D eigenvalue weighted by Crippen LogP contribution is -2.25. The molecule has 0 fully saturated rings. The Labute approximate surface area is 119 Å². The van der Waals surface area contributed by atoms with Crippen LogP contribution in [-0.2, 0) is 11.2 Å². The number of ketones is 1. The zero-order chi connectivity index (χ0) is 14.1. The molecule has 19 heavy (non-hydrogen) atoms. The number of hydrogen-bond donors (Lipinski definition) is 0. The summed E-state index contributed by atoms with van der Waals surface area (Å²) in [5.74, 6) is 1.47. The van der Waals surface area contributed by atoms with E-state index in [1.165, 1.54) is 12.1 Å². The Hall–Kier alpha value is -0.870. The molecular formula is C15H22FNOS. The number of rotatable bonds is 9. The minimum Gasteiger partial charge on any atom is -0.303 e. The van der Waals surface area contributed by atoms with E-state index in [4.69, 9.17) is 0 Å². The lowest BCUT2D eigenvalue weighted by atomic mass is 10.1. The van der Waals surface area contributed by atoms with E-state index in [2.05, 4.69) is 18.7 Å². The van der Waals surface area contributed by atoms with Crippen LogP contribution in [0.3, 0.4) is 0 Å². The van der Waals surface area contributed by atoms with Gasteiger partial charge in [-0.05, 0) is 30.8 Å². The van der Waals surface area contributed by atoms with Gasteiger partial charge in [0.1, 0.15) is 11.6 Å². The van der Waals surface area contributed by atoms with Crippen LogP contribution in [0.1, 0.15) is 19.4 Å². The molecule has 106 valence electrons. The molecule has 0 bridgehead atoms. The predicted molar refractivity (Wildman–Crippen MR) is 80.2 cm³/mol. The van der Waals surface area contributed by atoms with Gasteiger partial charge in [0.2, 0.25) is 0 Å². The van der Waals surface area contributed by atoms with Gasteiger partial charge in [0.05, 0.1) is 5.75 Å². The molecule has 1 aromatic rings. The van der Waals surface area contributed by atoms with Gasteiger partial charge in [-0.15, -0.1) is 0 Å². The van der Waals surface area contributed by atoms with Crippen molar-refractivity contribution in [1.29, 1.82) is 0 Å². The Balaban J connectivity index is 2.19. The summed E-state index contributed by atoms with van der Waals surface area (Å²) in [6.45, 7) is 7.43. The van der Waals surface area contributed by atoms with Gasteiger partial charge in [0.25, 0.3) is 0 Å². The summed E-state index contributed by atoms with van der Waals surface area (Å²) in [4.78, 5) is 14.1. The molecule has 4 heteroatoms. The molecule has 0 unspecified atom stereocenters. The quantitative estimate of drug-likeness (QED) is 0.650. The van der Waals surface area contributed by atoms with Crippen LogP contribution in [0.2, 0.25) is 0 Å². The number of benzene rings is 1. The molecule has 0 atom stereocenters. The Morgan fingerprint density at radius 1 is 1.21 bits per heavy atom. The van der Waals surface area contributed by atoms with Gasteiger partial charge < -0.3 is 4.90 Å². The maximum Gasteiger partial charge on any atom is 0.147 e. The summed E-state index contributed by atoms with van der Waals surface area (Å²) in [5.41, 5.74) is 0.885. The van der Waals surface area contributed by atoms with Crippen LogP contribution in [0.5, 0.6) is 0 Å². The molecule has 1 rings (SSSR count). The highest BCUT2D eigenvalue weighted by molar-refractivity contribution is 7.99. The van der Waals surface area contributed by atoms with Crippen molar-refractivity contribution < 1.29 is 9.18 Å². The Morgan fingerprint density at radius 2 is 1.84 bits per heavy atom. The molecule has 0 saturated carbocycles. The Kier molecular flexibility index (Phi) is 7.75. The first-order valence-electron chi connectivity index (χ1n) is 6.72. The van der Waals surface area contributed by atoms with Crippen molar-refractivity contribution in [2.75, 3.05) is 31.1 Å². The average molecular weight is 283 g/mol. The number of carbonyl (C=O) groups is 1. The third-order valence-corrected chi connectivity index (χ3v) is 4.02. The minimum absolute atomic E-state index is 0.205. The van der Waals surface area contributed by atoms with Crippen LogP contribution < -0.4 is 0 Å². The molecule has 0 saturated heterocycles. The molecule has 0 aromatic heterocycles. The van der Waals surface area contributed by atoms with Crippen molar-refractivity contribution in [2.24, 2.45) is 0 Å². The van der Waals surface area contributed by atoms with Gasteiger partial charge in [0, 0.05) is 18.7 Å². The topological polar surface area (TPSA) is 20.3 Å². The van der Waals surface area contributed by atoms with E-state index >= 15 is 0 Å². The second-order valence-electron chi connectivity index (χ2n) is 4.42. The first kappa shape index (κ1) is 16.2. The molecule has 0 spiro atoms. The van der Waals surface area contributed by atoms with Crippen LogP contribution in [0.25, 0.3) is 0 Å². The normalized spacial score (nSPS) is 10.9. The van der Waals surface area contributed by atoms with E-state index in [1.54, 1.807) is 23.9 Å². The summed E-state index contributed by atoms with van der Waals surface area (Å²) >= 11 is 1.68. The zero-order valence-electron chi connectivity index (χ0n) is 11.7. The predicted octanol–water partition coefficient (Wildman–Crippen LogP) is 3.01. The van der Waals surface area contributed by atoms with Crippen LogP contribution in [-0.4, -0.2) is 41.8 Å². The second-order valence-corrected chi connectivity index (χ2v) is 5.53. The van der Waals surface area contributed by atoms with E-state index in [0.717, 1.165) is 31.0 Å². The van der Waals surface area contributed by atoms with Crippen molar-refractivity contribution in [3.63, 3.8) is 0 Å². The fourth-order valence-electron chi connectivity index (χ4n) is 1.80. The number of hydrogen-bond acceptors (Lipinski definition) is 3. The standard InChI is InChI=1S/C15H22FNOS/c1-3-17(4-2)9-10-19-12-15(18)11-13-5-7-14(16)8-6-13/h5-8H,3-4,9-12H2,1-2H3. The summed E-state index contributed by atoms with van der Waals surface area (Å²) < 4.78 is 12.7.